The molecule has 0 unspecified atom stereocenters. The van der Waals surface area contributed by atoms with Crippen LogP contribution in [0.4, 0.5) is 9.18 Å². The van der Waals surface area contributed by atoms with Crippen LogP contribution in [-0.4, -0.2) is 60.6 Å². The number of piperazine rings is 1. The summed E-state index contributed by atoms with van der Waals surface area (Å²) in [7, 11) is 0. The van der Waals surface area contributed by atoms with Gasteiger partial charge in [-0.25, -0.2) is 9.18 Å². The number of carbonyl (C=O) groups is 3. The topological polar surface area (TPSA) is 76.2 Å². The summed E-state index contributed by atoms with van der Waals surface area (Å²) in [5.74, 6) is -0.845. The first-order valence-electron chi connectivity index (χ1n) is 9.27. The molecule has 0 saturated carbocycles. The predicted molar refractivity (Wildman–Crippen MR) is 102 cm³/mol. The highest BCUT2D eigenvalue weighted by Crippen LogP contribution is 2.17. The molecule has 0 bridgehead atoms. The second-order valence-corrected chi connectivity index (χ2v) is 6.37. The molecule has 0 N–H and O–H groups in total. The Morgan fingerprint density at radius 3 is 2.07 bits per heavy atom. The Morgan fingerprint density at radius 1 is 0.897 bits per heavy atom. The maximum Gasteiger partial charge on any atom is 0.513 e. The first-order valence-corrected chi connectivity index (χ1v) is 9.27. The summed E-state index contributed by atoms with van der Waals surface area (Å²) in [6, 6.07) is 12.0. The van der Waals surface area contributed by atoms with Crippen molar-refractivity contribution in [1.29, 1.82) is 0 Å². The smallest absolute Gasteiger partial charge is 0.434 e. The maximum atomic E-state index is 13.8. The van der Waals surface area contributed by atoms with E-state index in [4.69, 9.17) is 9.47 Å². The van der Waals surface area contributed by atoms with E-state index in [0.717, 1.165) is 0 Å². The number of ether oxygens (including phenoxy) is 2. The molecule has 1 fully saturated rings. The molecule has 7 nitrogen and oxygen atoms in total. The summed E-state index contributed by atoms with van der Waals surface area (Å²) in [4.78, 5) is 39.6. The van der Waals surface area contributed by atoms with E-state index in [1.54, 1.807) is 34.9 Å². The lowest BCUT2D eigenvalue weighted by atomic mass is 10.1. The Hall–Kier alpha value is -3.42. The number of halogens is 1. The van der Waals surface area contributed by atoms with E-state index in [9.17, 15) is 18.8 Å². The van der Waals surface area contributed by atoms with Crippen molar-refractivity contribution in [1.82, 2.24) is 9.80 Å². The van der Waals surface area contributed by atoms with Crippen LogP contribution in [0.5, 0.6) is 5.75 Å². The van der Waals surface area contributed by atoms with Crippen LogP contribution in [0.25, 0.3) is 0 Å². The van der Waals surface area contributed by atoms with E-state index in [2.05, 4.69) is 0 Å². The molecule has 2 aromatic rings. The second-order valence-electron chi connectivity index (χ2n) is 6.37. The quantitative estimate of drug-likeness (QED) is 0.583. The fourth-order valence-electron chi connectivity index (χ4n) is 3.01. The Kier molecular flexibility index (Phi) is 6.43. The number of hydrogen-bond acceptors (Lipinski definition) is 5. The van der Waals surface area contributed by atoms with Gasteiger partial charge in [0.05, 0.1) is 12.2 Å². The molecule has 1 aliphatic heterocycles. The van der Waals surface area contributed by atoms with E-state index in [1.165, 1.54) is 30.3 Å². The predicted octanol–water partition coefficient (Wildman–Crippen LogP) is 2.96. The molecule has 0 radical (unpaired) electrons. The highest BCUT2D eigenvalue weighted by Gasteiger charge is 2.26. The summed E-state index contributed by atoms with van der Waals surface area (Å²) in [5, 5.41) is 0. The summed E-state index contributed by atoms with van der Waals surface area (Å²) in [5.41, 5.74) is 0.472. The standard InChI is InChI=1S/C21H21FN2O5/c1-2-28-21(27)29-16-9-7-15(8-10-16)19(25)23-11-13-24(14-12-23)20(26)17-5-3-4-6-18(17)22/h3-10H,2,11-14H2,1H3. The summed E-state index contributed by atoms with van der Waals surface area (Å²) in [6.07, 6.45) is -0.804. The van der Waals surface area contributed by atoms with Crippen molar-refractivity contribution in [2.75, 3.05) is 32.8 Å². The van der Waals surface area contributed by atoms with Crippen molar-refractivity contribution in [2.24, 2.45) is 0 Å². The van der Waals surface area contributed by atoms with Crippen LogP contribution in [0.3, 0.4) is 0 Å². The molecule has 0 spiro atoms. The molecule has 3 rings (SSSR count). The van der Waals surface area contributed by atoms with Crippen LogP contribution in [0.2, 0.25) is 0 Å². The minimum absolute atomic E-state index is 0.0319. The minimum Gasteiger partial charge on any atom is -0.434 e. The second kappa shape index (κ2) is 9.18. The van der Waals surface area contributed by atoms with Crippen LogP contribution in [0.15, 0.2) is 48.5 Å². The third-order valence-corrected chi connectivity index (χ3v) is 4.52. The number of rotatable bonds is 4. The monoisotopic (exact) mass is 400 g/mol. The maximum absolute atomic E-state index is 13.8. The van der Waals surface area contributed by atoms with E-state index in [-0.39, 0.29) is 29.7 Å². The Balaban J connectivity index is 1.56. The Morgan fingerprint density at radius 2 is 1.48 bits per heavy atom. The molecular weight excluding hydrogens is 379 g/mol. The highest BCUT2D eigenvalue weighted by molar-refractivity contribution is 5.96. The number of hydrogen-bond donors (Lipinski definition) is 0. The average Bonchev–Trinajstić information content (AvgIpc) is 2.74. The highest BCUT2D eigenvalue weighted by atomic mass is 19.1. The van der Waals surface area contributed by atoms with Gasteiger partial charge in [-0.05, 0) is 43.3 Å². The molecule has 1 saturated heterocycles. The number of amides is 2. The van der Waals surface area contributed by atoms with Crippen molar-refractivity contribution in [3.05, 3.63) is 65.5 Å². The van der Waals surface area contributed by atoms with Crippen molar-refractivity contribution < 1.29 is 28.2 Å². The van der Waals surface area contributed by atoms with Gasteiger partial charge in [0.1, 0.15) is 11.6 Å². The molecule has 2 amide bonds. The minimum atomic E-state index is -0.804. The molecule has 1 heterocycles. The van der Waals surface area contributed by atoms with Gasteiger partial charge < -0.3 is 19.3 Å². The molecular formula is C21H21FN2O5. The van der Waals surface area contributed by atoms with Gasteiger partial charge >= 0.3 is 6.16 Å². The van der Waals surface area contributed by atoms with Crippen molar-refractivity contribution >= 4 is 18.0 Å². The van der Waals surface area contributed by atoms with E-state index >= 15 is 0 Å². The van der Waals surface area contributed by atoms with Crippen LogP contribution in [0, 0.1) is 5.82 Å². The Labute approximate surface area is 167 Å². The van der Waals surface area contributed by atoms with Crippen molar-refractivity contribution in [3.8, 4) is 5.75 Å². The zero-order valence-corrected chi connectivity index (χ0v) is 16.0. The summed E-state index contributed by atoms with van der Waals surface area (Å²) < 4.78 is 23.5. The molecule has 8 heteroatoms. The van der Waals surface area contributed by atoms with E-state index in [0.29, 0.717) is 31.7 Å². The molecule has 152 valence electrons. The average molecular weight is 400 g/mol. The first kappa shape index (κ1) is 20.3. The lowest BCUT2D eigenvalue weighted by Gasteiger charge is -2.35. The molecule has 0 atom stereocenters. The van der Waals surface area contributed by atoms with Crippen LogP contribution in [0.1, 0.15) is 27.6 Å². The SMILES string of the molecule is CCOC(=O)Oc1ccc(C(=O)N2CCN(C(=O)c3ccccc3F)CC2)cc1. The molecule has 0 aliphatic carbocycles. The van der Waals surface area contributed by atoms with Crippen LogP contribution < -0.4 is 4.74 Å². The van der Waals surface area contributed by atoms with Gasteiger partial charge in [-0.1, -0.05) is 12.1 Å². The van der Waals surface area contributed by atoms with Gasteiger partial charge in [-0.3, -0.25) is 9.59 Å². The molecule has 2 aromatic carbocycles. The summed E-state index contributed by atoms with van der Waals surface area (Å²) >= 11 is 0. The van der Waals surface area contributed by atoms with Crippen LogP contribution >= 0.6 is 0 Å². The van der Waals surface area contributed by atoms with Gasteiger partial charge in [0, 0.05) is 31.7 Å². The third-order valence-electron chi connectivity index (χ3n) is 4.52. The normalized spacial score (nSPS) is 13.7. The Bertz CT molecular complexity index is 892. The fourth-order valence-corrected chi connectivity index (χ4v) is 3.01. The first-order chi connectivity index (χ1) is 14.0. The van der Waals surface area contributed by atoms with Gasteiger partial charge in [0.15, 0.2) is 0 Å². The molecule has 29 heavy (non-hydrogen) atoms. The third kappa shape index (κ3) is 4.90. The van der Waals surface area contributed by atoms with Gasteiger partial charge in [-0.2, -0.15) is 0 Å². The zero-order chi connectivity index (χ0) is 20.8. The molecule has 0 aromatic heterocycles. The van der Waals surface area contributed by atoms with Crippen molar-refractivity contribution in [2.45, 2.75) is 6.92 Å². The zero-order valence-electron chi connectivity index (χ0n) is 16.0. The van der Waals surface area contributed by atoms with Gasteiger partial charge in [-0.15, -0.1) is 0 Å². The lowest BCUT2D eigenvalue weighted by molar-refractivity contribution is 0.0532. The number of nitrogens with zero attached hydrogens (tertiary/aromatic N) is 2. The lowest BCUT2D eigenvalue weighted by Crippen LogP contribution is -2.50. The number of benzene rings is 2. The largest absolute Gasteiger partial charge is 0.513 e. The van der Waals surface area contributed by atoms with E-state index < -0.39 is 12.0 Å². The summed E-state index contributed by atoms with van der Waals surface area (Å²) in [6.45, 7) is 3.22. The number of carbonyl (C=O) groups excluding carboxylic acids is 3. The van der Waals surface area contributed by atoms with Gasteiger partial charge in [0.2, 0.25) is 0 Å². The van der Waals surface area contributed by atoms with Crippen molar-refractivity contribution in [3.63, 3.8) is 0 Å². The van der Waals surface area contributed by atoms with E-state index in [1.807, 2.05) is 0 Å². The van der Waals surface area contributed by atoms with Gasteiger partial charge in [0.25, 0.3) is 11.8 Å². The van der Waals surface area contributed by atoms with Crippen LogP contribution in [-0.2, 0) is 4.74 Å². The molecule has 1 aliphatic rings. The fraction of sp³-hybridized carbons (Fsp3) is 0.286.